The SMILES string of the molecule is COC(=O)[C@H](N)CCN.Cl.Cl. The number of carbonyl (C=O) groups is 1. The van der Waals surface area contributed by atoms with E-state index in [1.165, 1.54) is 7.11 Å². The van der Waals surface area contributed by atoms with Gasteiger partial charge in [-0.3, -0.25) is 4.79 Å². The molecule has 6 heteroatoms. The van der Waals surface area contributed by atoms with E-state index in [9.17, 15) is 4.79 Å². The van der Waals surface area contributed by atoms with Crippen LogP contribution in [0.4, 0.5) is 0 Å². The third-order valence-corrected chi connectivity index (χ3v) is 0.982. The zero-order chi connectivity index (χ0) is 7.28. The van der Waals surface area contributed by atoms with Crippen molar-refractivity contribution in [3.63, 3.8) is 0 Å². The quantitative estimate of drug-likeness (QED) is 0.619. The molecule has 70 valence electrons. The van der Waals surface area contributed by atoms with Gasteiger partial charge in [0, 0.05) is 0 Å². The molecule has 0 aliphatic rings. The van der Waals surface area contributed by atoms with Gasteiger partial charge in [0.15, 0.2) is 0 Å². The monoisotopic (exact) mass is 204 g/mol. The largest absolute Gasteiger partial charge is 0.468 e. The number of halogens is 2. The number of nitrogens with two attached hydrogens (primary N) is 2. The molecule has 0 aliphatic heterocycles. The first-order chi connectivity index (χ1) is 4.22. The van der Waals surface area contributed by atoms with Crippen LogP contribution in [0.5, 0.6) is 0 Å². The zero-order valence-corrected chi connectivity index (χ0v) is 7.91. The van der Waals surface area contributed by atoms with Gasteiger partial charge < -0.3 is 16.2 Å². The van der Waals surface area contributed by atoms with Crippen molar-refractivity contribution in [1.29, 1.82) is 0 Å². The highest BCUT2D eigenvalue weighted by Crippen LogP contribution is 1.86. The van der Waals surface area contributed by atoms with E-state index in [2.05, 4.69) is 4.74 Å². The summed E-state index contributed by atoms with van der Waals surface area (Å²) in [5.74, 6) is -0.402. The summed E-state index contributed by atoms with van der Waals surface area (Å²) in [6, 6.07) is -0.556. The van der Waals surface area contributed by atoms with E-state index >= 15 is 0 Å². The van der Waals surface area contributed by atoms with Crippen molar-refractivity contribution < 1.29 is 9.53 Å². The van der Waals surface area contributed by atoms with E-state index in [-0.39, 0.29) is 24.8 Å². The Balaban J connectivity index is -0.000000320. The molecule has 0 rings (SSSR count). The first-order valence-corrected chi connectivity index (χ1v) is 2.76. The van der Waals surface area contributed by atoms with Crippen molar-refractivity contribution >= 4 is 30.8 Å². The van der Waals surface area contributed by atoms with Gasteiger partial charge in [0.2, 0.25) is 0 Å². The van der Waals surface area contributed by atoms with Crippen molar-refractivity contribution in [2.24, 2.45) is 11.5 Å². The van der Waals surface area contributed by atoms with E-state index in [0.717, 1.165) is 0 Å². The Bertz CT molecular complexity index is 102. The van der Waals surface area contributed by atoms with Gasteiger partial charge in [-0.25, -0.2) is 0 Å². The van der Waals surface area contributed by atoms with Gasteiger partial charge in [0.1, 0.15) is 6.04 Å². The molecule has 4 nitrogen and oxygen atoms in total. The van der Waals surface area contributed by atoms with Gasteiger partial charge in [-0.1, -0.05) is 0 Å². The van der Waals surface area contributed by atoms with Gasteiger partial charge >= 0.3 is 5.97 Å². The Labute approximate surface area is 78.5 Å². The highest BCUT2D eigenvalue weighted by Gasteiger charge is 2.10. The van der Waals surface area contributed by atoms with E-state index in [4.69, 9.17) is 11.5 Å². The van der Waals surface area contributed by atoms with Crippen LogP contribution in [0.25, 0.3) is 0 Å². The molecule has 0 unspecified atom stereocenters. The third kappa shape index (κ3) is 7.87. The summed E-state index contributed by atoms with van der Waals surface area (Å²) in [7, 11) is 1.30. The molecule has 0 saturated carbocycles. The minimum atomic E-state index is -0.556. The van der Waals surface area contributed by atoms with Crippen LogP contribution in [0.2, 0.25) is 0 Å². The molecular weight excluding hydrogens is 191 g/mol. The van der Waals surface area contributed by atoms with Crippen molar-refractivity contribution in [2.75, 3.05) is 13.7 Å². The normalized spacial score (nSPS) is 10.5. The maximum absolute atomic E-state index is 10.5. The van der Waals surface area contributed by atoms with Gasteiger partial charge in [-0.05, 0) is 13.0 Å². The summed E-state index contributed by atoms with van der Waals surface area (Å²) < 4.78 is 4.35. The van der Waals surface area contributed by atoms with E-state index in [0.29, 0.717) is 13.0 Å². The molecule has 0 aromatic heterocycles. The molecule has 4 N–H and O–H groups in total. The Morgan fingerprint density at radius 1 is 1.55 bits per heavy atom. The second-order valence-corrected chi connectivity index (χ2v) is 1.71. The predicted molar refractivity (Wildman–Crippen MR) is 48.2 cm³/mol. The van der Waals surface area contributed by atoms with Crippen molar-refractivity contribution in [3.8, 4) is 0 Å². The molecule has 0 saturated heterocycles. The average molecular weight is 205 g/mol. The van der Waals surface area contributed by atoms with Crippen LogP contribution in [-0.4, -0.2) is 25.7 Å². The summed E-state index contributed by atoms with van der Waals surface area (Å²) in [5, 5.41) is 0. The molecule has 0 aromatic rings. The van der Waals surface area contributed by atoms with Crippen molar-refractivity contribution in [1.82, 2.24) is 0 Å². The van der Waals surface area contributed by atoms with Crippen LogP contribution in [0.15, 0.2) is 0 Å². The Kier molecular flexibility index (Phi) is 15.6. The summed E-state index contributed by atoms with van der Waals surface area (Å²) in [4.78, 5) is 10.5. The maximum Gasteiger partial charge on any atom is 0.322 e. The lowest BCUT2D eigenvalue weighted by Gasteiger charge is -2.05. The molecule has 0 heterocycles. The summed E-state index contributed by atoms with van der Waals surface area (Å²) in [6.07, 6.45) is 0.479. The molecule has 0 spiro atoms. The van der Waals surface area contributed by atoms with Crippen LogP contribution in [0.3, 0.4) is 0 Å². The van der Waals surface area contributed by atoms with E-state index in [1.54, 1.807) is 0 Å². The second kappa shape index (κ2) is 9.97. The molecule has 0 amide bonds. The number of esters is 1. The molecule has 11 heavy (non-hydrogen) atoms. The highest BCUT2D eigenvalue weighted by molar-refractivity contribution is 5.85. The van der Waals surface area contributed by atoms with E-state index in [1.807, 2.05) is 0 Å². The number of methoxy groups -OCH3 is 1. The first-order valence-electron chi connectivity index (χ1n) is 2.76. The van der Waals surface area contributed by atoms with Crippen LogP contribution in [0.1, 0.15) is 6.42 Å². The smallest absolute Gasteiger partial charge is 0.322 e. The molecule has 0 aromatic carbocycles. The standard InChI is InChI=1S/C5H12N2O2.2ClH/c1-9-5(8)4(7)2-3-6;;/h4H,2-3,6-7H2,1H3;2*1H/t4-;;/m1../s1. The number of rotatable bonds is 3. The third-order valence-electron chi connectivity index (χ3n) is 0.982. The minimum absolute atomic E-state index is 0. The lowest BCUT2D eigenvalue weighted by atomic mass is 10.2. The van der Waals surface area contributed by atoms with Gasteiger partial charge in [0.05, 0.1) is 7.11 Å². The topological polar surface area (TPSA) is 78.3 Å². The molecule has 0 fully saturated rings. The Morgan fingerprint density at radius 2 is 2.00 bits per heavy atom. The first kappa shape index (κ1) is 17.2. The Morgan fingerprint density at radius 3 is 2.27 bits per heavy atom. The van der Waals surface area contributed by atoms with Crippen molar-refractivity contribution in [2.45, 2.75) is 12.5 Å². The lowest BCUT2D eigenvalue weighted by Crippen LogP contribution is -2.33. The van der Waals surface area contributed by atoms with Crippen LogP contribution in [0, 0.1) is 0 Å². The average Bonchev–Trinajstić information content (AvgIpc) is 1.87. The Hall–Kier alpha value is -0.0300. The second-order valence-electron chi connectivity index (χ2n) is 1.71. The number of ether oxygens (including phenoxy) is 1. The van der Waals surface area contributed by atoms with Crippen LogP contribution < -0.4 is 11.5 Å². The number of hydrogen-bond donors (Lipinski definition) is 2. The summed E-state index contributed by atoms with van der Waals surface area (Å²) in [6.45, 7) is 0.413. The van der Waals surface area contributed by atoms with Gasteiger partial charge in [-0.2, -0.15) is 0 Å². The number of hydrogen-bond acceptors (Lipinski definition) is 4. The molecule has 0 aliphatic carbocycles. The molecule has 0 radical (unpaired) electrons. The lowest BCUT2D eigenvalue weighted by molar-refractivity contribution is -0.142. The predicted octanol–water partition coefficient (Wildman–Crippen LogP) is -0.321. The van der Waals surface area contributed by atoms with E-state index < -0.39 is 12.0 Å². The summed E-state index contributed by atoms with van der Waals surface area (Å²) >= 11 is 0. The minimum Gasteiger partial charge on any atom is -0.468 e. The fourth-order valence-corrected chi connectivity index (χ4v) is 0.449. The van der Waals surface area contributed by atoms with Crippen LogP contribution >= 0.6 is 24.8 Å². The number of carbonyl (C=O) groups excluding carboxylic acids is 1. The maximum atomic E-state index is 10.5. The van der Waals surface area contributed by atoms with Crippen molar-refractivity contribution in [3.05, 3.63) is 0 Å². The highest BCUT2D eigenvalue weighted by atomic mass is 35.5. The van der Waals surface area contributed by atoms with Crippen LogP contribution in [-0.2, 0) is 9.53 Å². The summed E-state index contributed by atoms with van der Waals surface area (Å²) in [5.41, 5.74) is 10.4. The zero-order valence-electron chi connectivity index (χ0n) is 6.28. The van der Waals surface area contributed by atoms with Gasteiger partial charge in [-0.15, -0.1) is 24.8 Å². The fraction of sp³-hybridized carbons (Fsp3) is 0.800. The molecule has 1 atom stereocenters. The molecule has 0 bridgehead atoms. The molecular formula is C5H14Cl2N2O2. The fourth-order valence-electron chi connectivity index (χ4n) is 0.449. The van der Waals surface area contributed by atoms with Gasteiger partial charge in [0.25, 0.3) is 0 Å².